The lowest BCUT2D eigenvalue weighted by Gasteiger charge is -2.38. The van der Waals surface area contributed by atoms with Crippen molar-refractivity contribution in [3.8, 4) is 0 Å². The molecule has 0 spiro atoms. The first-order chi connectivity index (χ1) is 15.3. The number of ether oxygens (including phenoxy) is 1. The van der Waals surface area contributed by atoms with Gasteiger partial charge in [0, 0.05) is 44.7 Å². The second-order valence-electron chi connectivity index (χ2n) is 9.77. The summed E-state index contributed by atoms with van der Waals surface area (Å²) in [4.78, 5) is 10.1. The number of nitrogens with zero attached hydrogens (tertiary/aromatic N) is 4. The number of fused-ring (bicyclic) bond motifs is 1. The Bertz CT molecular complexity index is 810. The summed E-state index contributed by atoms with van der Waals surface area (Å²) in [5, 5.41) is 0. The van der Waals surface area contributed by atoms with Gasteiger partial charge in [-0.2, -0.15) is 0 Å². The van der Waals surface area contributed by atoms with Crippen LogP contribution in [0, 0.1) is 5.92 Å². The molecule has 1 aliphatic carbocycles. The normalized spacial score (nSPS) is 23.1. The third-order valence-electron chi connectivity index (χ3n) is 7.70. The predicted molar refractivity (Wildman–Crippen MR) is 124 cm³/mol. The summed E-state index contributed by atoms with van der Waals surface area (Å²) in [6.07, 6.45) is 12.0. The number of likely N-dealkylation sites (tertiary alicyclic amines) is 1. The molecule has 0 N–H and O–H groups in total. The second-order valence-corrected chi connectivity index (χ2v) is 9.77. The minimum atomic E-state index is 0.405. The van der Waals surface area contributed by atoms with Crippen molar-refractivity contribution in [2.45, 2.75) is 70.7 Å². The fourth-order valence-electron chi connectivity index (χ4n) is 5.92. The first-order valence-electron chi connectivity index (χ1n) is 12.4. The van der Waals surface area contributed by atoms with Gasteiger partial charge in [0.2, 0.25) is 0 Å². The maximum absolute atomic E-state index is 5.99. The van der Waals surface area contributed by atoms with Crippen molar-refractivity contribution in [1.29, 1.82) is 0 Å². The van der Waals surface area contributed by atoms with Crippen LogP contribution >= 0.6 is 0 Å². The molecule has 168 valence electrons. The zero-order valence-electron chi connectivity index (χ0n) is 19.1. The number of hydrogen-bond acceptors (Lipinski definition) is 4. The Hall–Kier alpha value is -1.69. The molecule has 2 aliphatic heterocycles. The molecule has 5 nitrogen and oxygen atoms in total. The topological polar surface area (TPSA) is 33.5 Å². The van der Waals surface area contributed by atoms with Gasteiger partial charge >= 0.3 is 0 Å². The van der Waals surface area contributed by atoms with Gasteiger partial charge in [0.25, 0.3) is 0 Å². The summed E-state index contributed by atoms with van der Waals surface area (Å²) >= 11 is 0. The van der Waals surface area contributed by atoms with Crippen LogP contribution in [0.4, 0.5) is 0 Å². The van der Waals surface area contributed by atoms with Gasteiger partial charge in [-0.15, -0.1) is 0 Å². The Balaban J connectivity index is 1.16. The van der Waals surface area contributed by atoms with Crippen molar-refractivity contribution >= 4 is 0 Å². The van der Waals surface area contributed by atoms with Crippen LogP contribution in [-0.2, 0) is 30.7 Å². The van der Waals surface area contributed by atoms with Crippen LogP contribution in [0.5, 0.6) is 0 Å². The molecule has 31 heavy (non-hydrogen) atoms. The molecule has 1 unspecified atom stereocenters. The van der Waals surface area contributed by atoms with E-state index in [0.29, 0.717) is 6.10 Å². The lowest BCUT2D eigenvalue weighted by Crippen LogP contribution is -2.45. The first kappa shape index (κ1) is 21.2. The van der Waals surface area contributed by atoms with E-state index in [1.54, 1.807) is 11.1 Å². The SMILES string of the molecule is CCn1ccnc1CN(CC1CCN(C2Cc3ccccc3C2)CC1)CC1CCCO1. The van der Waals surface area contributed by atoms with Crippen LogP contribution in [0.1, 0.15) is 49.6 Å². The molecule has 0 radical (unpaired) electrons. The second kappa shape index (κ2) is 9.85. The average Bonchev–Trinajstić information content (AvgIpc) is 3.55. The van der Waals surface area contributed by atoms with Crippen molar-refractivity contribution in [3.05, 3.63) is 53.6 Å². The van der Waals surface area contributed by atoms with Gasteiger partial charge in [0.1, 0.15) is 5.82 Å². The van der Waals surface area contributed by atoms with Crippen LogP contribution in [0.2, 0.25) is 0 Å². The number of rotatable bonds is 8. The summed E-state index contributed by atoms with van der Waals surface area (Å²) in [6, 6.07) is 9.76. The molecule has 3 heterocycles. The number of aromatic nitrogens is 2. The highest BCUT2D eigenvalue weighted by atomic mass is 16.5. The Morgan fingerprint density at radius 2 is 1.84 bits per heavy atom. The molecule has 1 aromatic carbocycles. The molecular formula is C26H38N4O. The van der Waals surface area contributed by atoms with Crippen molar-refractivity contribution in [3.63, 3.8) is 0 Å². The Morgan fingerprint density at radius 1 is 1.06 bits per heavy atom. The molecule has 5 rings (SSSR count). The van der Waals surface area contributed by atoms with Crippen molar-refractivity contribution in [2.24, 2.45) is 5.92 Å². The molecule has 2 aromatic rings. The van der Waals surface area contributed by atoms with Gasteiger partial charge < -0.3 is 9.30 Å². The Kier molecular flexibility index (Phi) is 6.72. The molecule has 0 saturated carbocycles. The highest BCUT2D eigenvalue weighted by molar-refractivity contribution is 5.33. The van der Waals surface area contributed by atoms with Crippen LogP contribution in [-0.4, -0.2) is 64.3 Å². The number of piperidine rings is 1. The maximum Gasteiger partial charge on any atom is 0.122 e. The van der Waals surface area contributed by atoms with E-state index in [2.05, 4.69) is 56.7 Å². The molecule has 3 aliphatic rings. The van der Waals surface area contributed by atoms with E-state index in [4.69, 9.17) is 4.74 Å². The van der Waals surface area contributed by atoms with Crippen molar-refractivity contribution in [1.82, 2.24) is 19.4 Å². The summed E-state index contributed by atoms with van der Waals surface area (Å²) in [5.74, 6) is 1.98. The van der Waals surface area contributed by atoms with Crippen LogP contribution < -0.4 is 0 Å². The minimum absolute atomic E-state index is 0.405. The van der Waals surface area contributed by atoms with Crippen LogP contribution in [0.25, 0.3) is 0 Å². The van der Waals surface area contributed by atoms with E-state index < -0.39 is 0 Å². The number of benzene rings is 1. The van der Waals surface area contributed by atoms with E-state index >= 15 is 0 Å². The Labute approximate surface area is 187 Å². The molecule has 0 amide bonds. The molecule has 2 fully saturated rings. The number of imidazole rings is 1. The van der Waals surface area contributed by atoms with Gasteiger partial charge in [0.15, 0.2) is 0 Å². The van der Waals surface area contributed by atoms with Crippen LogP contribution in [0.15, 0.2) is 36.7 Å². The van der Waals surface area contributed by atoms with Crippen molar-refractivity contribution < 1.29 is 4.74 Å². The average molecular weight is 423 g/mol. The fourth-order valence-corrected chi connectivity index (χ4v) is 5.92. The molecule has 1 atom stereocenters. The van der Waals surface area contributed by atoms with Gasteiger partial charge in [-0.3, -0.25) is 9.80 Å². The third-order valence-corrected chi connectivity index (χ3v) is 7.70. The van der Waals surface area contributed by atoms with E-state index in [9.17, 15) is 0 Å². The fraction of sp³-hybridized carbons (Fsp3) is 0.654. The van der Waals surface area contributed by atoms with Gasteiger partial charge in [-0.1, -0.05) is 24.3 Å². The Morgan fingerprint density at radius 3 is 2.52 bits per heavy atom. The summed E-state index contributed by atoms with van der Waals surface area (Å²) in [7, 11) is 0. The standard InChI is InChI=1S/C26H38N4O/c1-2-29-14-11-27-26(29)20-28(19-25-8-5-15-31-25)18-21-9-12-30(13-10-21)24-16-22-6-3-4-7-23(22)17-24/h3-4,6-7,11,14,21,24-25H,2,5,8-10,12-13,15-20H2,1H3. The van der Waals surface area contributed by atoms with E-state index in [0.717, 1.165) is 38.2 Å². The number of aryl methyl sites for hydroxylation is 1. The molecule has 5 heteroatoms. The van der Waals surface area contributed by atoms with Gasteiger partial charge in [0.05, 0.1) is 12.6 Å². The smallest absolute Gasteiger partial charge is 0.122 e. The minimum Gasteiger partial charge on any atom is -0.377 e. The molecule has 2 saturated heterocycles. The highest BCUT2D eigenvalue weighted by Crippen LogP contribution is 2.29. The monoisotopic (exact) mass is 422 g/mol. The van der Waals surface area contributed by atoms with E-state index in [-0.39, 0.29) is 0 Å². The first-order valence-corrected chi connectivity index (χ1v) is 12.4. The molecule has 1 aromatic heterocycles. The van der Waals surface area contributed by atoms with E-state index in [1.807, 2.05) is 6.20 Å². The predicted octanol–water partition coefficient (Wildman–Crippen LogP) is 3.76. The van der Waals surface area contributed by atoms with Crippen molar-refractivity contribution in [2.75, 3.05) is 32.8 Å². The summed E-state index contributed by atoms with van der Waals surface area (Å²) in [6.45, 7) is 9.80. The molecule has 0 bridgehead atoms. The largest absolute Gasteiger partial charge is 0.377 e. The van der Waals surface area contributed by atoms with Gasteiger partial charge in [-0.25, -0.2) is 4.98 Å². The molecular weight excluding hydrogens is 384 g/mol. The lowest BCUT2D eigenvalue weighted by atomic mass is 9.94. The zero-order chi connectivity index (χ0) is 21.0. The highest BCUT2D eigenvalue weighted by Gasteiger charge is 2.31. The van der Waals surface area contributed by atoms with Crippen LogP contribution in [0.3, 0.4) is 0 Å². The zero-order valence-corrected chi connectivity index (χ0v) is 19.1. The quantitative estimate of drug-likeness (QED) is 0.649. The maximum atomic E-state index is 5.99. The summed E-state index contributed by atoms with van der Waals surface area (Å²) in [5.41, 5.74) is 3.15. The summed E-state index contributed by atoms with van der Waals surface area (Å²) < 4.78 is 8.27. The lowest BCUT2D eigenvalue weighted by molar-refractivity contribution is 0.0528. The van der Waals surface area contributed by atoms with E-state index in [1.165, 1.54) is 64.0 Å². The third kappa shape index (κ3) is 5.05. The number of hydrogen-bond donors (Lipinski definition) is 0. The van der Waals surface area contributed by atoms with Gasteiger partial charge in [-0.05, 0) is 75.6 Å².